The van der Waals surface area contributed by atoms with Crippen LogP contribution in [0.1, 0.15) is 12.8 Å². The molecule has 1 aromatic carbocycles. The van der Waals surface area contributed by atoms with Gasteiger partial charge in [0.05, 0.1) is 0 Å². The summed E-state index contributed by atoms with van der Waals surface area (Å²) in [6.07, 6.45) is 16.3. The standard InChI is InChI=1S/C18H16/c1-2-8-14-13(7-1)15-9-3-4-11-17(15)18-12-6-5-10-16(14)18/h1-5,7-11,17-18H,6,12H2. The highest BCUT2D eigenvalue weighted by Crippen LogP contribution is 2.39. The Morgan fingerprint density at radius 2 is 1.72 bits per heavy atom. The smallest absolute Gasteiger partial charge is 0.00963 e. The van der Waals surface area contributed by atoms with E-state index < -0.39 is 0 Å². The summed E-state index contributed by atoms with van der Waals surface area (Å²) in [5, 5.41) is 2.88. The maximum Gasteiger partial charge on any atom is 0.00963 e. The second-order valence-electron chi connectivity index (χ2n) is 5.31. The molecule has 0 saturated heterocycles. The van der Waals surface area contributed by atoms with E-state index in [4.69, 9.17) is 0 Å². The molecular weight excluding hydrogens is 216 g/mol. The van der Waals surface area contributed by atoms with Crippen LogP contribution in [-0.2, 0) is 0 Å². The van der Waals surface area contributed by atoms with Gasteiger partial charge in [-0.2, -0.15) is 0 Å². The lowest BCUT2D eigenvalue weighted by Gasteiger charge is -2.33. The van der Waals surface area contributed by atoms with Crippen molar-refractivity contribution in [2.24, 2.45) is 11.8 Å². The predicted molar refractivity (Wildman–Crippen MR) is 76.1 cm³/mol. The Hall–Kier alpha value is -1.82. The zero-order valence-electron chi connectivity index (χ0n) is 10.3. The summed E-state index contributed by atoms with van der Waals surface area (Å²) in [4.78, 5) is 0. The van der Waals surface area contributed by atoms with E-state index in [1.807, 2.05) is 0 Å². The predicted octanol–water partition coefficient (Wildman–Crippen LogP) is 2.71. The summed E-state index contributed by atoms with van der Waals surface area (Å²) < 4.78 is 0. The van der Waals surface area contributed by atoms with Crippen molar-refractivity contribution in [1.82, 2.24) is 0 Å². The van der Waals surface area contributed by atoms with Crippen LogP contribution in [0.25, 0.3) is 11.1 Å². The third kappa shape index (κ3) is 1.32. The normalized spacial score (nSPS) is 27.8. The minimum Gasteiger partial charge on any atom is -0.0842 e. The monoisotopic (exact) mass is 232 g/mol. The SMILES string of the molecule is C1=CC2=c3ccccc3=C3C=CCCC3C2C=C1. The first-order chi connectivity index (χ1) is 8.95. The van der Waals surface area contributed by atoms with Crippen LogP contribution in [0.4, 0.5) is 0 Å². The third-order valence-corrected chi connectivity index (χ3v) is 4.39. The van der Waals surface area contributed by atoms with E-state index in [-0.39, 0.29) is 0 Å². The van der Waals surface area contributed by atoms with Crippen LogP contribution in [0.2, 0.25) is 0 Å². The fourth-order valence-corrected chi connectivity index (χ4v) is 3.59. The van der Waals surface area contributed by atoms with Gasteiger partial charge in [-0.25, -0.2) is 0 Å². The van der Waals surface area contributed by atoms with Gasteiger partial charge in [-0.1, -0.05) is 60.7 Å². The molecule has 2 atom stereocenters. The Bertz CT molecular complexity index is 683. The first-order valence-electron chi connectivity index (χ1n) is 6.80. The molecule has 0 saturated carbocycles. The Labute approximate surface area is 107 Å². The van der Waals surface area contributed by atoms with Crippen LogP contribution in [0.3, 0.4) is 0 Å². The van der Waals surface area contributed by atoms with Crippen molar-refractivity contribution < 1.29 is 0 Å². The number of hydrogen-bond acceptors (Lipinski definition) is 0. The molecule has 2 unspecified atom stereocenters. The van der Waals surface area contributed by atoms with E-state index >= 15 is 0 Å². The van der Waals surface area contributed by atoms with Gasteiger partial charge in [0.2, 0.25) is 0 Å². The molecule has 0 radical (unpaired) electrons. The van der Waals surface area contributed by atoms with Crippen molar-refractivity contribution in [2.45, 2.75) is 12.8 Å². The molecule has 0 amide bonds. The van der Waals surface area contributed by atoms with Crippen LogP contribution >= 0.6 is 0 Å². The van der Waals surface area contributed by atoms with E-state index in [0.29, 0.717) is 11.8 Å². The van der Waals surface area contributed by atoms with Gasteiger partial charge < -0.3 is 0 Å². The van der Waals surface area contributed by atoms with Crippen LogP contribution in [0.15, 0.2) is 60.7 Å². The fourth-order valence-electron chi connectivity index (χ4n) is 3.59. The van der Waals surface area contributed by atoms with Gasteiger partial charge in [0.1, 0.15) is 0 Å². The third-order valence-electron chi connectivity index (χ3n) is 4.39. The number of hydrogen-bond donors (Lipinski definition) is 0. The van der Waals surface area contributed by atoms with Gasteiger partial charge in [0.25, 0.3) is 0 Å². The highest BCUT2D eigenvalue weighted by atomic mass is 14.3. The minimum atomic E-state index is 0.588. The lowest BCUT2D eigenvalue weighted by molar-refractivity contribution is 0.529. The van der Waals surface area contributed by atoms with Gasteiger partial charge >= 0.3 is 0 Å². The molecule has 0 bridgehead atoms. The summed E-state index contributed by atoms with van der Waals surface area (Å²) >= 11 is 0. The second-order valence-corrected chi connectivity index (χ2v) is 5.31. The molecular formula is C18H16. The summed E-state index contributed by atoms with van der Waals surface area (Å²) in [5.74, 6) is 1.27. The van der Waals surface area contributed by atoms with E-state index in [0.717, 1.165) is 0 Å². The van der Waals surface area contributed by atoms with Crippen molar-refractivity contribution in [2.75, 3.05) is 0 Å². The number of fused-ring (bicyclic) bond motifs is 4. The molecule has 4 rings (SSSR count). The maximum absolute atomic E-state index is 2.38. The molecule has 0 spiro atoms. The van der Waals surface area contributed by atoms with Crippen LogP contribution < -0.4 is 10.4 Å². The van der Waals surface area contributed by atoms with Gasteiger partial charge in [-0.05, 0) is 40.3 Å². The Morgan fingerprint density at radius 1 is 0.889 bits per heavy atom. The number of allylic oxidation sites excluding steroid dienone is 6. The Morgan fingerprint density at radius 3 is 2.61 bits per heavy atom. The first kappa shape index (κ1) is 10.1. The molecule has 88 valence electrons. The van der Waals surface area contributed by atoms with Crippen molar-refractivity contribution in [3.05, 3.63) is 71.2 Å². The highest BCUT2D eigenvalue weighted by Gasteiger charge is 2.30. The average Bonchev–Trinajstić information content (AvgIpc) is 2.48. The van der Waals surface area contributed by atoms with E-state index in [1.165, 1.54) is 28.9 Å². The lowest BCUT2D eigenvalue weighted by Crippen LogP contribution is -2.39. The zero-order valence-corrected chi connectivity index (χ0v) is 10.3. The molecule has 1 aromatic rings. The topological polar surface area (TPSA) is 0 Å². The van der Waals surface area contributed by atoms with Gasteiger partial charge in [-0.15, -0.1) is 0 Å². The maximum atomic E-state index is 2.38. The van der Waals surface area contributed by atoms with Crippen LogP contribution in [0.5, 0.6) is 0 Å². The van der Waals surface area contributed by atoms with Gasteiger partial charge in [0, 0.05) is 5.92 Å². The van der Waals surface area contributed by atoms with Gasteiger partial charge in [-0.3, -0.25) is 0 Å². The molecule has 3 aliphatic rings. The number of benzene rings is 1. The lowest BCUT2D eigenvalue weighted by atomic mass is 9.70. The molecule has 0 heterocycles. The molecule has 0 heteroatoms. The van der Waals surface area contributed by atoms with E-state index in [1.54, 1.807) is 5.57 Å². The quantitative estimate of drug-likeness (QED) is 0.645. The Balaban J connectivity index is 2.16. The summed E-state index contributed by atoms with van der Waals surface area (Å²) in [5.41, 5.74) is 3.06. The molecule has 3 aliphatic carbocycles. The number of rotatable bonds is 0. The highest BCUT2D eigenvalue weighted by molar-refractivity contribution is 5.74. The van der Waals surface area contributed by atoms with Crippen molar-refractivity contribution in [3.63, 3.8) is 0 Å². The molecule has 0 N–H and O–H groups in total. The average molecular weight is 232 g/mol. The van der Waals surface area contributed by atoms with Crippen molar-refractivity contribution in [3.8, 4) is 0 Å². The largest absolute Gasteiger partial charge is 0.0842 e. The van der Waals surface area contributed by atoms with Gasteiger partial charge in [0.15, 0.2) is 0 Å². The Kier molecular flexibility index (Phi) is 2.16. The van der Waals surface area contributed by atoms with Crippen molar-refractivity contribution >= 4 is 11.1 Å². The summed E-state index contributed by atoms with van der Waals surface area (Å²) in [6, 6.07) is 8.87. The molecule has 0 fully saturated rings. The molecule has 0 aliphatic heterocycles. The first-order valence-corrected chi connectivity index (χ1v) is 6.80. The summed E-state index contributed by atoms with van der Waals surface area (Å²) in [7, 11) is 0. The zero-order chi connectivity index (χ0) is 11.9. The molecule has 0 nitrogen and oxygen atoms in total. The van der Waals surface area contributed by atoms with Crippen molar-refractivity contribution in [1.29, 1.82) is 0 Å². The van der Waals surface area contributed by atoms with E-state index in [2.05, 4.69) is 60.7 Å². The minimum absolute atomic E-state index is 0.588. The van der Waals surface area contributed by atoms with Crippen LogP contribution in [-0.4, -0.2) is 0 Å². The molecule has 0 aromatic heterocycles. The fraction of sp³-hybridized carbons (Fsp3) is 0.222. The summed E-state index contributed by atoms with van der Waals surface area (Å²) in [6.45, 7) is 0. The van der Waals surface area contributed by atoms with E-state index in [9.17, 15) is 0 Å². The molecule has 18 heavy (non-hydrogen) atoms. The van der Waals surface area contributed by atoms with Crippen LogP contribution in [0, 0.1) is 11.8 Å². The second kappa shape index (κ2) is 3.84.